The molecule has 0 unspecified atom stereocenters. The lowest BCUT2D eigenvalue weighted by atomic mass is 9.95. The van der Waals surface area contributed by atoms with E-state index in [0.717, 1.165) is 29.8 Å². The third-order valence-corrected chi connectivity index (χ3v) is 3.93. The van der Waals surface area contributed by atoms with Crippen molar-refractivity contribution < 1.29 is 9.53 Å². The minimum atomic E-state index is -0.333. The van der Waals surface area contributed by atoms with Crippen LogP contribution in [-0.4, -0.2) is 12.5 Å². The maximum absolute atomic E-state index is 12.6. The lowest BCUT2D eigenvalue weighted by Gasteiger charge is -2.16. The van der Waals surface area contributed by atoms with E-state index < -0.39 is 0 Å². The zero-order valence-electron chi connectivity index (χ0n) is 12.1. The minimum absolute atomic E-state index is 0.0814. The molecule has 0 saturated heterocycles. The SMILES string of the molecule is CCOc1ccc(NC(=O)C2(c3ccccc3)CC2)cc1. The Hall–Kier alpha value is -2.29. The van der Waals surface area contributed by atoms with Crippen LogP contribution in [0.15, 0.2) is 54.6 Å². The molecule has 1 saturated carbocycles. The number of nitrogens with one attached hydrogen (secondary N) is 1. The van der Waals surface area contributed by atoms with Gasteiger partial charge in [-0.05, 0) is 49.6 Å². The summed E-state index contributed by atoms with van der Waals surface area (Å²) in [5.74, 6) is 0.901. The fraction of sp³-hybridized carbons (Fsp3) is 0.278. The molecule has 0 radical (unpaired) electrons. The minimum Gasteiger partial charge on any atom is -0.494 e. The van der Waals surface area contributed by atoms with E-state index in [1.165, 1.54) is 0 Å². The molecule has 3 heteroatoms. The van der Waals surface area contributed by atoms with Crippen molar-refractivity contribution >= 4 is 11.6 Å². The van der Waals surface area contributed by atoms with E-state index in [-0.39, 0.29) is 11.3 Å². The molecule has 21 heavy (non-hydrogen) atoms. The van der Waals surface area contributed by atoms with Gasteiger partial charge in [0.15, 0.2) is 0 Å². The lowest BCUT2D eigenvalue weighted by molar-refractivity contribution is -0.118. The van der Waals surface area contributed by atoms with Gasteiger partial charge in [-0.25, -0.2) is 0 Å². The van der Waals surface area contributed by atoms with Gasteiger partial charge >= 0.3 is 0 Å². The summed E-state index contributed by atoms with van der Waals surface area (Å²) in [6.07, 6.45) is 1.83. The summed E-state index contributed by atoms with van der Waals surface area (Å²) < 4.78 is 5.40. The predicted octanol–water partition coefficient (Wildman–Crippen LogP) is 3.76. The van der Waals surface area contributed by atoms with Crippen LogP contribution in [0.2, 0.25) is 0 Å². The Bertz CT molecular complexity index is 615. The second-order valence-corrected chi connectivity index (χ2v) is 5.36. The van der Waals surface area contributed by atoms with E-state index in [2.05, 4.69) is 5.32 Å². The zero-order valence-corrected chi connectivity index (χ0v) is 12.1. The molecule has 1 N–H and O–H groups in total. The van der Waals surface area contributed by atoms with Gasteiger partial charge in [0.2, 0.25) is 5.91 Å². The monoisotopic (exact) mass is 281 g/mol. The highest BCUT2D eigenvalue weighted by Gasteiger charge is 2.51. The largest absolute Gasteiger partial charge is 0.494 e. The highest BCUT2D eigenvalue weighted by molar-refractivity contribution is 6.01. The molecule has 2 aromatic carbocycles. The summed E-state index contributed by atoms with van der Waals surface area (Å²) in [5.41, 5.74) is 1.58. The van der Waals surface area contributed by atoms with Gasteiger partial charge in [0.1, 0.15) is 5.75 Å². The number of ether oxygens (including phenoxy) is 1. The first-order valence-corrected chi connectivity index (χ1v) is 7.34. The van der Waals surface area contributed by atoms with E-state index in [0.29, 0.717) is 6.61 Å². The molecule has 0 bridgehead atoms. The third-order valence-electron chi connectivity index (χ3n) is 3.93. The standard InChI is InChI=1S/C18H19NO2/c1-2-21-16-10-8-15(9-11-16)19-17(20)18(12-13-18)14-6-4-3-5-7-14/h3-11H,2,12-13H2,1H3,(H,19,20). The van der Waals surface area contributed by atoms with Gasteiger partial charge in [0.05, 0.1) is 12.0 Å². The van der Waals surface area contributed by atoms with Crippen molar-refractivity contribution in [3.8, 4) is 5.75 Å². The smallest absolute Gasteiger partial charge is 0.235 e. The number of amides is 1. The number of benzene rings is 2. The Kier molecular flexibility index (Phi) is 3.65. The molecule has 0 aromatic heterocycles. The van der Waals surface area contributed by atoms with Crippen LogP contribution in [0.3, 0.4) is 0 Å². The maximum atomic E-state index is 12.6. The predicted molar refractivity (Wildman–Crippen MR) is 83.6 cm³/mol. The van der Waals surface area contributed by atoms with Crippen LogP contribution in [0.1, 0.15) is 25.3 Å². The van der Waals surface area contributed by atoms with E-state index in [4.69, 9.17) is 4.74 Å². The molecule has 0 spiro atoms. The number of carbonyl (C=O) groups excluding carboxylic acids is 1. The Morgan fingerprint density at radius 2 is 1.76 bits per heavy atom. The molecule has 1 amide bonds. The van der Waals surface area contributed by atoms with Crippen LogP contribution in [0.4, 0.5) is 5.69 Å². The Morgan fingerprint density at radius 1 is 1.10 bits per heavy atom. The van der Waals surface area contributed by atoms with Crippen molar-refractivity contribution in [3.63, 3.8) is 0 Å². The molecular weight excluding hydrogens is 262 g/mol. The van der Waals surface area contributed by atoms with Gasteiger partial charge in [-0.3, -0.25) is 4.79 Å². The topological polar surface area (TPSA) is 38.3 Å². The molecule has 3 nitrogen and oxygen atoms in total. The molecule has 108 valence electrons. The molecule has 0 aliphatic heterocycles. The van der Waals surface area contributed by atoms with Gasteiger partial charge in [0.25, 0.3) is 0 Å². The van der Waals surface area contributed by atoms with Gasteiger partial charge < -0.3 is 10.1 Å². The van der Waals surface area contributed by atoms with Crippen LogP contribution in [0.5, 0.6) is 5.75 Å². The molecule has 2 aromatic rings. The third kappa shape index (κ3) is 2.77. The van der Waals surface area contributed by atoms with Crippen molar-refractivity contribution in [1.29, 1.82) is 0 Å². The molecule has 1 aliphatic rings. The average molecular weight is 281 g/mol. The molecule has 0 heterocycles. The number of anilines is 1. The Morgan fingerprint density at radius 3 is 2.33 bits per heavy atom. The number of carbonyl (C=O) groups is 1. The van der Waals surface area contributed by atoms with Crippen molar-refractivity contribution in [2.75, 3.05) is 11.9 Å². The highest BCUT2D eigenvalue weighted by Crippen LogP contribution is 2.48. The number of hydrogen-bond donors (Lipinski definition) is 1. The first-order chi connectivity index (χ1) is 10.2. The summed E-state index contributed by atoms with van der Waals surface area (Å²) in [4.78, 5) is 12.6. The molecule has 3 rings (SSSR count). The van der Waals surface area contributed by atoms with Crippen LogP contribution < -0.4 is 10.1 Å². The van der Waals surface area contributed by atoms with Crippen molar-refractivity contribution in [2.24, 2.45) is 0 Å². The first kappa shape index (κ1) is 13.7. The van der Waals surface area contributed by atoms with E-state index >= 15 is 0 Å². The van der Waals surface area contributed by atoms with E-state index in [1.54, 1.807) is 0 Å². The molecule has 0 atom stereocenters. The van der Waals surface area contributed by atoms with Crippen LogP contribution in [0.25, 0.3) is 0 Å². The zero-order chi connectivity index (χ0) is 14.7. The van der Waals surface area contributed by atoms with E-state index in [9.17, 15) is 4.79 Å². The summed E-state index contributed by atoms with van der Waals surface area (Å²) in [7, 11) is 0. The summed E-state index contributed by atoms with van der Waals surface area (Å²) in [6, 6.07) is 17.5. The fourth-order valence-electron chi connectivity index (χ4n) is 2.58. The van der Waals surface area contributed by atoms with Gasteiger partial charge in [-0.2, -0.15) is 0 Å². The van der Waals surface area contributed by atoms with Crippen molar-refractivity contribution in [1.82, 2.24) is 0 Å². The lowest BCUT2D eigenvalue weighted by Crippen LogP contribution is -2.27. The molecular formula is C18H19NO2. The normalized spacial score (nSPS) is 15.3. The highest BCUT2D eigenvalue weighted by atomic mass is 16.5. The van der Waals surface area contributed by atoms with E-state index in [1.807, 2.05) is 61.5 Å². The second kappa shape index (κ2) is 5.60. The van der Waals surface area contributed by atoms with Crippen molar-refractivity contribution in [2.45, 2.75) is 25.2 Å². The maximum Gasteiger partial charge on any atom is 0.235 e. The Labute approximate surface area is 124 Å². The summed E-state index contributed by atoms with van der Waals surface area (Å²) in [6.45, 7) is 2.59. The molecule has 1 aliphatic carbocycles. The van der Waals surface area contributed by atoms with Gasteiger partial charge in [-0.15, -0.1) is 0 Å². The number of rotatable bonds is 5. The van der Waals surface area contributed by atoms with Gasteiger partial charge in [0, 0.05) is 5.69 Å². The van der Waals surface area contributed by atoms with Crippen molar-refractivity contribution in [3.05, 3.63) is 60.2 Å². The number of hydrogen-bond acceptors (Lipinski definition) is 2. The fourth-order valence-corrected chi connectivity index (χ4v) is 2.58. The average Bonchev–Trinajstić information content (AvgIpc) is 3.32. The first-order valence-electron chi connectivity index (χ1n) is 7.34. The van der Waals surface area contributed by atoms with Crippen LogP contribution in [-0.2, 0) is 10.2 Å². The quantitative estimate of drug-likeness (QED) is 0.906. The van der Waals surface area contributed by atoms with Crippen LogP contribution >= 0.6 is 0 Å². The molecule has 1 fully saturated rings. The summed E-state index contributed by atoms with van der Waals surface area (Å²) >= 11 is 0. The second-order valence-electron chi connectivity index (χ2n) is 5.36. The Balaban J connectivity index is 1.72. The van der Waals surface area contributed by atoms with Crippen LogP contribution in [0, 0.1) is 0 Å². The summed E-state index contributed by atoms with van der Waals surface area (Å²) in [5, 5.41) is 3.02. The van der Waals surface area contributed by atoms with Gasteiger partial charge in [-0.1, -0.05) is 30.3 Å².